The zero-order valence-corrected chi connectivity index (χ0v) is 15.9. The van der Waals surface area contributed by atoms with Gasteiger partial charge in [0.2, 0.25) is 0 Å². The van der Waals surface area contributed by atoms with Crippen molar-refractivity contribution in [1.29, 1.82) is 0 Å². The fraction of sp³-hybridized carbons (Fsp3) is 0.526. The van der Waals surface area contributed by atoms with Gasteiger partial charge >= 0.3 is 0 Å². The summed E-state index contributed by atoms with van der Waals surface area (Å²) in [6.45, 7) is 8.85. The highest BCUT2D eigenvalue weighted by molar-refractivity contribution is 7.21. The molecule has 3 fully saturated rings. The minimum Gasteiger partial charge on any atom is -0.346 e. The van der Waals surface area contributed by atoms with Crippen LogP contribution in [0.1, 0.15) is 41.9 Å². The fourth-order valence-corrected chi connectivity index (χ4v) is 5.70. The van der Waals surface area contributed by atoms with Crippen molar-refractivity contribution < 1.29 is 4.79 Å². The summed E-state index contributed by atoms with van der Waals surface area (Å²) in [7, 11) is 0. The minimum absolute atomic E-state index is 0.0345. The van der Waals surface area contributed by atoms with Gasteiger partial charge in [0.25, 0.3) is 5.91 Å². The number of carbonyl (C=O) groups excluding carboxylic acids is 1. The molecule has 0 spiro atoms. The van der Waals surface area contributed by atoms with Gasteiger partial charge < -0.3 is 5.32 Å². The molecule has 0 radical (unpaired) electrons. The Labute approximate surface area is 152 Å². The maximum atomic E-state index is 12.9. The van der Waals surface area contributed by atoms with Crippen molar-refractivity contribution in [2.24, 2.45) is 5.92 Å². The van der Waals surface area contributed by atoms with Crippen molar-refractivity contribution in [3.8, 4) is 0 Å². The van der Waals surface area contributed by atoms with Gasteiger partial charge in [-0.15, -0.1) is 11.3 Å². The summed E-state index contributed by atoms with van der Waals surface area (Å²) in [5, 5.41) is 5.21. The number of rotatable bonds is 2. The molecule has 2 bridgehead atoms. The molecule has 2 aromatic rings. The number of piperidine rings is 3. The average molecular weight is 363 g/mol. The molecule has 0 saturated carbocycles. The van der Waals surface area contributed by atoms with Crippen molar-refractivity contribution in [1.82, 2.24) is 10.2 Å². The largest absolute Gasteiger partial charge is 0.346 e. The highest BCUT2D eigenvalue weighted by Gasteiger charge is 2.48. The van der Waals surface area contributed by atoms with E-state index in [0.717, 1.165) is 38.6 Å². The predicted octanol–water partition coefficient (Wildman–Crippen LogP) is 4.47. The summed E-state index contributed by atoms with van der Waals surface area (Å²) in [4.78, 5) is 16.2. The molecule has 5 rings (SSSR count). The van der Waals surface area contributed by atoms with Crippen LogP contribution in [-0.2, 0) is 0 Å². The second-order valence-corrected chi connectivity index (χ2v) is 9.09. The molecule has 5 heteroatoms. The average Bonchev–Trinajstić information content (AvgIpc) is 3.00. The van der Waals surface area contributed by atoms with Crippen molar-refractivity contribution in [2.45, 2.75) is 45.2 Å². The molecular formula is C19H23ClN2OS. The molecule has 3 aliphatic heterocycles. The number of thiophene rings is 1. The number of hydrogen-bond acceptors (Lipinski definition) is 3. The molecule has 1 amide bonds. The van der Waals surface area contributed by atoms with Gasteiger partial charge in [-0.3, -0.25) is 9.69 Å². The fourth-order valence-electron chi connectivity index (χ4n) is 4.42. The van der Waals surface area contributed by atoms with Gasteiger partial charge in [-0.05, 0) is 75.7 Å². The summed E-state index contributed by atoms with van der Waals surface area (Å²) in [6, 6.07) is 6.12. The molecule has 24 heavy (non-hydrogen) atoms. The van der Waals surface area contributed by atoms with E-state index in [1.807, 2.05) is 25.1 Å². The Morgan fingerprint density at radius 1 is 1.33 bits per heavy atom. The molecule has 1 atom stereocenters. The molecule has 3 aliphatic rings. The van der Waals surface area contributed by atoms with Gasteiger partial charge in [0.05, 0.1) is 4.88 Å². The van der Waals surface area contributed by atoms with Crippen molar-refractivity contribution in [2.75, 3.05) is 13.1 Å². The van der Waals surface area contributed by atoms with Gasteiger partial charge in [0, 0.05) is 21.3 Å². The van der Waals surface area contributed by atoms with Crippen LogP contribution in [0.3, 0.4) is 0 Å². The van der Waals surface area contributed by atoms with Gasteiger partial charge in [0.15, 0.2) is 0 Å². The maximum absolute atomic E-state index is 12.9. The van der Waals surface area contributed by atoms with Gasteiger partial charge in [-0.2, -0.15) is 0 Å². The van der Waals surface area contributed by atoms with E-state index in [4.69, 9.17) is 11.6 Å². The number of aryl methyl sites for hydroxylation is 1. The number of benzene rings is 1. The van der Waals surface area contributed by atoms with Crippen LogP contribution in [-0.4, -0.2) is 35.5 Å². The van der Waals surface area contributed by atoms with E-state index in [2.05, 4.69) is 24.1 Å². The first-order chi connectivity index (χ1) is 11.4. The molecule has 0 aliphatic carbocycles. The lowest BCUT2D eigenvalue weighted by Crippen LogP contribution is -2.69. The molecule has 1 aromatic carbocycles. The first-order valence-corrected chi connectivity index (χ1v) is 9.82. The molecule has 4 heterocycles. The molecule has 1 unspecified atom stereocenters. The van der Waals surface area contributed by atoms with Crippen molar-refractivity contribution in [3.05, 3.63) is 33.7 Å². The Morgan fingerprint density at radius 2 is 2.04 bits per heavy atom. The van der Waals surface area contributed by atoms with Crippen LogP contribution < -0.4 is 5.32 Å². The number of carbonyl (C=O) groups is 1. The summed E-state index contributed by atoms with van der Waals surface area (Å²) in [5.41, 5.74) is 1.09. The lowest BCUT2D eigenvalue weighted by atomic mass is 9.72. The molecule has 1 aromatic heterocycles. The first kappa shape index (κ1) is 16.4. The van der Waals surface area contributed by atoms with Crippen LogP contribution in [0.25, 0.3) is 10.1 Å². The van der Waals surface area contributed by atoms with Crippen LogP contribution in [0.5, 0.6) is 0 Å². The summed E-state index contributed by atoms with van der Waals surface area (Å²) in [6.07, 6.45) is 2.38. The molecular weight excluding hydrogens is 340 g/mol. The van der Waals surface area contributed by atoms with Crippen LogP contribution in [0.2, 0.25) is 5.02 Å². The standard InChI is InChI=1S/C19H23ClN2OS/c1-11-14(20)5-4-13-10-15(24-16(11)13)18(23)21-17-12-6-8-22(9-7-12)19(17,2)3/h4-5,10,12,17H,6-9H2,1-3H3,(H,21,23). The second kappa shape index (κ2) is 5.72. The normalized spacial score (nSPS) is 28.2. The van der Waals surface area contributed by atoms with Crippen molar-refractivity contribution >= 4 is 38.9 Å². The van der Waals surface area contributed by atoms with E-state index in [0.29, 0.717) is 5.92 Å². The van der Waals surface area contributed by atoms with Gasteiger partial charge in [-0.1, -0.05) is 17.7 Å². The summed E-state index contributed by atoms with van der Waals surface area (Å²) >= 11 is 7.76. The third-order valence-corrected chi connectivity index (χ3v) is 7.65. The maximum Gasteiger partial charge on any atom is 0.261 e. The van der Waals surface area contributed by atoms with Crippen LogP contribution in [0.4, 0.5) is 0 Å². The topological polar surface area (TPSA) is 32.3 Å². The zero-order chi connectivity index (χ0) is 17.1. The van der Waals surface area contributed by atoms with E-state index in [9.17, 15) is 4.79 Å². The Bertz CT molecular complexity index is 805. The summed E-state index contributed by atoms with van der Waals surface area (Å²) in [5.74, 6) is 0.651. The third-order valence-electron chi connectivity index (χ3n) is 5.97. The quantitative estimate of drug-likeness (QED) is 0.855. The Balaban J connectivity index is 1.61. The Morgan fingerprint density at radius 3 is 2.71 bits per heavy atom. The van der Waals surface area contributed by atoms with Gasteiger partial charge in [-0.25, -0.2) is 0 Å². The van der Waals surface area contributed by atoms with Crippen LogP contribution >= 0.6 is 22.9 Å². The van der Waals surface area contributed by atoms with Gasteiger partial charge in [0.1, 0.15) is 0 Å². The van der Waals surface area contributed by atoms with E-state index >= 15 is 0 Å². The number of halogens is 1. The molecule has 128 valence electrons. The number of hydrogen-bond donors (Lipinski definition) is 1. The molecule has 3 saturated heterocycles. The third kappa shape index (κ3) is 2.47. The lowest BCUT2D eigenvalue weighted by molar-refractivity contribution is -0.0377. The van der Waals surface area contributed by atoms with Crippen molar-refractivity contribution in [3.63, 3.8) is 0 Å². The van der Waals surface area contributed by atoms with E-state index in [1.54, 1.807) is 11.3 Å². The second-order valence-electron chi connectivity index (χ2n) is 7.63. The van der Waals surface area contributed by atoms with Crippen LogP contribution in [0.15, 0.2) is 18.2 Å². The molecule has 3 nitrogen and oxygen atoms in total. The zero-order valence-electron chi connectivity index (χ0n) is 14.4. The number of nitrogens with one attached hydrogen (secondary N) is 1. The van der Waals surface area contributed by atoms with E-state index in [1.165, 1.54) is 12.8 Å². The van der Waals surface area contributed by atoms with E-state index < -0.39 is 0 Å². The number of fused-ring (bicyclic) bond motifs is 4. The number of nitrogens with zero attached hydrogens (tertiary/aromatic N) is 1. The first-order valence-electron chi connectivity index (χ1n) is 8.62. The minimum atomic E-state index is 0.0345. The Hall–Kier alpha value is -1.10. The lowest BCUT2D eigenvalue weighted by Gasteiger charge is -2.56. The van der Waals surface area contributed by atoms with E-state index in [-0.39, 0.29) is 17.5 Å². The molecule has 1 N–H and O–H groups in total. The predicted molar refractivity (Wildman–Crippen MR) is 101 cm³/mol. The highest BCUT2D eigenvalue weighted by Crippen LogP contribution is 2.39. The Kier molecular flexibility index (Phi) is 3.90. The monoisotopic (exact) mass is 362 g/mol. The summed E-state index contributed by atoms with van der Waals surface area (Å²) < 4.78 is 1.11. The SMILES string of the molecule is Cc1c(Cl)ccc2cc(C(=O)NC3C4CCN(CC4)C3(C)C)sc12. The van der Waals surface area contributed by atoms with Crippen LogP contribution in [0, 0.1) is 12.8 Å². The number of amides is 1. The highest BCUT2D eigenvalue weighted by atomic mass is 35.5. The smallest absolute Gasteiger partial charge is 0.261 e.